The minimum Gasteiger partial charge on any atom is -0.378 e. The van der Waals surface area contributed by atoms with Crippen molar-refractivity contribution in [3.63, 3.8) is 0 Å². The molecule has 0 spiro atoms. The molecule has 1 N–H and O–H groups in total. The van der Waals surface area contributed by atoms with Crippen LogP contribution in [-0.2, 0) is 11.3 Å². The summed E-state index contributed by atoms with van der Waals surface area (Å²) in [6.07, 6.45) is 2.56. The number of carbonyl (C=O) groups excluding carboxylic acids is 1. The molecule has 0 saturated carbocycles. The second-order valence-electron chi connectivity index (χ2n) is 6.27. The van der Waals surface area contributed by atoms with Gasteiger partial charge in [-0.05, 0) is 48.2 Å². The van der Waals surface area contributed by atoms with E-state index < -0.39 is 0 Å². The van der Waals surface area contributed by atoms with Crippen LogP contribution in [0.5, 0.6) is 0 Å². The normalized spacial score (nSPS) is 15.6. The van der Waals surface area contributed by atoms with Crippen molar-refractivity contribution in [2.24, 2.45) is 0 Å². The molecule has 2 aromatic carbocycles. The van der Waals surface area contributed by atoms with Crippen LogP contribution in [0.2, 0.25) is 0 Å². The van der Waals surface area contributed by atoms with Crippen LogP contribution in [0.1, 0.15) is 43.4 Å². The number of hydrogen-bond donors (Lipinski definition) is 1. The fraction of sp³-hybridized carbons (Fsp3) is 0.350. The van der Waals surface area contributed by atoms with Crippen LogP contribution >= 0.6 is 0 Å². The molecule has 2 aromatic rings. The first kappa shape index (κ1) is 16.5. The molecule has 0 aromatic heterocycles. The van der Waals surface area contributed by atoms with Crippen LogP contribution < -0.4 is 5.32 Å². The number of rotatable bonds is 6. The Morgan fingerprint density at radius 2 is 1.83 bits per heavy atom. The van der Waals surface area contributed by atoms with Crippen LogP contribution in [0.4, 0.5) is 10.1 Å². The first-order valence-corrected chi connectivity index (χ1v) is 8.54. The number of amides is 1. The van der Waals surface area contributed by atoms with Gasteiger partial charge >= 0.3 is 0 Å². The second kappa shape index (κ2) is 7.47. The number of carbonyl (C=O) groups is 1. The van der Waals surface area contributed by atoms with Gasteiger partial charge in [0.25, 0.3) is 0 Å². The standard InChI is InChI=1S/C20H23FN2O/c1-2-19(16-7-9-17(21)10-8-16)22-18-11-5-15(6-12-18)14-23-13-3-4-20(23)24/h5-12,19,22H,2-4,13-14H2,1H3/t19-/m1/s1. The van der Waals surface area contributed by atoms with Crippen molar-refractivity contribution in [3.05, 3.63) is 65.5 Å². The highest BCUT2D eigenvalue weighted by Crippen LogP contribution is 2.23. The lowest BCUT2D eigenvalue weighted by Gasteiger charge is -2.20. The zero-order valence-corrected chi connectivity index (χ0v) is 14.0. The van der Waals surface area contributed by atoms with Crippen LogP contribution in [0, 0.1) is 5.82 Å². The van der Waals surface area contributed by atoms with Gasteiger partial charge in [0.1, 0.15) is 5.82 Å². The lowest BCUT2D eigenvalue weighted by atomic mass is 10.0. The number of nitrogens with zero attached hydrogens (tertiary/aromatic N) is 1. The summed E-state index contributed by atoms with van der Waals surface area (Å²) in [7, 11) is 0. The maximum atomic E-state index is 13.1. The highest BCUT2D eigenvalue weighted by atomic mass is 19.1. The SMILES string of the molecule is CC[C@@H](Nc1ccc(CN2CCCC2=O)cc1)c1ccc(F)cc1. The van der Waals surface area contributed by atoms with Gasteiger partial charge in [-0.2, -0.15) is 0 Å². The van der Waals surface area contributed by atoms with Gasteiger partial charge in [0.15, 0.2) is 0 Å². The molecule has 1 aliphatic heterocycles. The van der Waals surface area contributed by atoms with Crippen molar-refractivity contribution < 1.29 is 9.18 Å². The van der Waals surface area contributed by atoms with E-state index in [1.165, 1.54) is 12.1 Å². The lowest BCUT2D eigenvalue weighted by molar-refractivity contribution is -0.128. The number of nitrogens with one attached hydrogen (secondary N) is 1. The average molecular weight is 326 g/mol. The largest absolute Gasteiger partial charge is 0.378 e. The molecule has 3 nitrogen and oxygen atoms in total. The van der Waals surface area contributed by atoms with Crippen LogP contribution in [0.25, 0.3) is 0 Å². The van der Waals surface area contributed by atoms with Gasteiger partial charge < -0.3 is 10.2 Å². The highest BCUT2D eigenvalue weighted by molar-refractivity contribution is 5.78. The van der Waals surface area contributed by atoms with Gasteiger partial charge in [-0.3, -0.25) is 4.79 Å². The van der Waals surface area contributed by atoms with E-state index in [0.29, 0.717) is 13.0 Å². The fourth-order valence-corrected chi connectivity index (χ4v) is 3.12. The Morgan fingerprint density at radius 3 is 2.42 bits per heavy atom. The summed E-state index contributed by atoms with van der Waals surface area (Å²) in [5.41, 5.74) is 3.25. The van der Waals surface area contributed by atoms with E-state index in [-0.39, 0.29) is 17.8 Å². The molecular weight excluding hydrogens is 303 g/mol. The molecular formula is C20H23FN2O. The van der Waals surface area contributed by atoms with Gasteiger partial charge in [-0.15, -0.1) is 0 Å². The predicted molar refractivity (Wildman–Crippen MR) is 94.1 cm³/mol. The van der Waals surface area contributed by atoms with Gasteiger partial charge in [0.05, 0.1) is 6.04 Å². The zero-order chi connectivity index (χ0) is 16.9. The van der Waals surface area contributed by atoms with E-state index in [9.17, 15) is 9.18 Å². The first-order valence-electron chi connectivity index (χ1n) is 8.54. The molecule has 0 unspecified atom stereocenters. The first-order chi connectivity index (χ1) is 11.7. The van der Waals surface area contributed by atoms with E-state index in [1.54, 1.807) is 0 Å². The Labute approximate surface area is 142 Å². The molecule has 126 valence electrons. The zero-order valence-electron chi connectivity index (χ0n) is 14.0. The molecule has 0 bridgehead atoms. The summed E-state index contributed by atoms with van der Waals surface area (Å²) >= 11 is 0. The van der Waals surface area contributed by atoms with Crippen molar-refractivity contribution in [1.82, 2.24) is 4.90 Å². The molecule has 3 rings (SSSR count). The monoisotopic (exact) mass is 326 g/mol. The number of anilines is 1. The number of halogens is 1. The minimum atomic E-state index is -0.214. The number of likely N-dealkylation sites (tertiary alicyclic amines) is 1. The van der Waals surface area contributed by atoms with E-state index in [2.05, 4.69) is 24.4 Å². The summed E-state index contributed by atoms with van der Waals surface area (Å²) in [5, 5.41) is 3.49. The molecule has 0 radical (unpaired) electrons. The van der Waals surface area contributed by atoms with Crippen molar-refractivity contribution in [2.45, 2.75) is 38.8 Å². The van der Waals surface area contributed by atoms with Gasteiger partial charge in [0, 0.05) is 25.2 Å². The molecule has 1 atom stereocenters. The summed E-state index contributed by atoms with van der Waals surface area (Å²) < 4.78 is 13.1. The molecule has 0 aliphatic carbocycles. The third kappa shape index (κ3) is 3.94. The van der Waals surface area contributed by atoms with Crippen molar-refractivity contribution >= 4 is 11.6 Å². The van der Waals surface area contributed by atoms with Gasteiger partial charge in [-0.1, -0.05) is 31.2 Å². The number of benzene rings is 2. The van der Waals surface area contributed by atoms with Crippen molar-refractivity contribution in [1.29, 1.82) is 0 Å². The Balaban J connectivity index is 1.64. The third-order valence-corrected chi connectivity index (χ3v) is 4.52. The molecule has 1 saturated heterocycles. The van der Waals surface area contributed by atoms with Gasteiger partial charge in [-0.25, -0.2) is 4.39 Å². The van der Waals surface area contributed by atoms with Crippen molar-refractivity contribution in [2.75, 3.05) is 11.9 Å². The third-order valence-electron chi connectivity index (χ3n) is 4.52. The van der Waals surface area contributed by atoms with E-state index in [0.717, 1.165) is 36.2 Å². The Kier molecular flexibility index (Phi) is 5.14. The summed E-state index contributed by atoms with van der Waals surface area (Å²) in [4.78, 5) is 13.6. The molecule has 4 heteroatoms. The molecule has 1 heterocycles. The maximum absolute atomic E-state index is 13.1. The van der Waals surface area contributed by atoms with E-state index >= 15 is 0 Å². The second-order valence-corrected chi connectivity index (χ2v) is 6.27. The summed E-state index contributed by atoms with van der Waals surface area (Å²) in [5.74, 6) is 0.0361. The van der Waals surface area contributed by atoms with E-state index in [4.69, 9.17) is 0 Å². The van der Waals surface area contributed by atoms with E-state index in [1.807, 2.05) is 29.2 Å². The fourth-order valence-electron chi connectivity index (χ4n) is 3.12. The minimum absolute atomic E-state index is 0.150. The van der Waals surface area contributed by atoms with Gasteiger partial charge in [0.2, 0.25) is 5.91 Å². The molecule has 1 amide bonds. The molecule has 1 aliphatic rings. The van der Waals surface area contributed by atoms with Crippen LogP contribution in [-0.4, -0.2) is 17.4 Å². The molecule has 24 heavy (non-hydrogen) atoms. The quantitative estimate of drug-likeness (QED) is 0.847. The smallest absolute Gasteiger partial charge is 0.222 e. The maximum Gasteiger partial charge on any atom is 0.222 e. The topological polar surface area (TPSA) is 32.3 Å². The Morgan fingerprint density at radius 1 is 1.12 bits per heavy atom. The summed E-state index contributed by atoms with van der Waals surface area (Å²) in [6, 6.07) is 15.0. The Hall–Kier alpha value is -2.36. The predicted octanol–water partition coefficient (Wildman–Crippen LogP) is 4.51. The lowest BCUT2D eigenvalue weighted by Crippen LogP contribution is -2.23. The number of hydrogen-bond acceptors (Lipinski definition) is 2. The average Bonchev–Trinajstić information content (AvgIpc) is 3.00. The highest BCUT2D eigenvalue weighted by Gasteiger charge is 2.19. The Bertz CT molecular complexity index is 682. The summed E-state index contributed by atoms with van der Waals surface area (Å²) in [6.45, 7) is 3.66. The van der Waals surface area contributed by atoms with Crippen LogP contribution in [0.15, 0.2) is 48.5 Å². The van der Waals surface area contributed by atoms with Crippen LogP contribution in [0.3, 0.4) is 0 Å². The molecule has 1 fully saturated rings. The van der Waals surface area contributed by atoms with Crippen molar-refractivity contribution in [3.8, 4) is 0 Å².